The first-order chi connectivity index (χ1) is 9.65. The largest absolute Gasteiger partial charge is 0.493 e. The third kappa shape index (κ3) is 2.48. The Morgan fingerprint density at radius 3 is 2.70 bits per heavy atom. The number of ether oxygens (including phenoxy) is 1. The van der Waals surface area contributed by atoms with Gasteiger partial charge in [0.2, 0.25) is 0 Å². The minimum atomic E-state index is -0.433. The Hall–Kier alpha value is -1.68. The molecule has 1 aliphatic rings. The molecule has 2 aromatic carbocycles. The summed E-state index contributed by atoms with van der Waals surface area (Å²) in [5, 5.41) is 0. The topological polar surface area (TPSA) is 26.3 Å². The van der Waals surface area contributed by atoms with Crippen LogP contribution in [-0.4, -0.2) is 12.4 Å². The van der Waals surface area contributed by atoms with Crippen LogP contribution in [0.5, 0.6) is 5.75 Å². The first-order valence-corrected chi connectivity index (χ1v) is 7.20. The van der Waals surface area contributed by atoms with Crippen molar-refractivity contribution in [2.75, 3.05) is 6.61 Å². The fraction of sp³-hybridized carbons (Fsp3) is 0.188. The van der Waals surface area contributed by atoms with Crippen molar-refractivity contribution in [2.45, 2.75) is 12.8 Å². The summed E-state index contributed by atoms with van der Waals surface area (Å²) in [6, 6.07) is 9.80. The first kappa shape index (κ1) is 13.3. The minimum Gasteiger partial charge on any atom is -0.493 e. The molecule has 0 amide bonds. The predicted molar refractivity (Wildman–Crippen MR) is 77.8 cm³/mol. The van der Waals surface area contributed by atoms with Gasteiger partial charge >= 0.3 is 0 Å². The zero-order valence-electron chi connectivity index (χ0n) is 10.7. The first-order valence-electron chi connectivity index (χ1n) is 6.40. The van der Waals surface area contributed by atoms with E-state index in [0.717, 1.165) is 30.8 Å². The number of hydrogen-bond donors (Lipinski definition) is 0. The van der Waals surface area contributed by atoms with Gasteiger partial charge in [-0.25, -0.2) is 4.39 Å². The summed E-state index contributed by atoms with van der Waals surface area (Å²) in [6.07, 6.45) is 1.86. The summed E-state index contributed by atoms with van der Waals surface area (Å²) >= 11 is 3.08. The number of rotatable bonds is 2. The number of carbonyl (C=O) groups is 1. The number of benzene rings is 2. The van der Waals surface area contributed by atoms with Gasteiger partial charge in [-0.3, -0.25) is 4.79 Å². The predicted octanol–water partition coefficient (Wildman–Crippen LogP) is 4.14. The Labute approximate surface area is 124 Å². The lowest BCUT2D eigenvalue weighted by Crippen LogP contribution is -2.10. The maximum atomic E-state index is 13.5. The number of fused-ring (bicyclic) bond motifs is 1. The Kier molecular flexibility index (Phi) is 3.57. The molecule has 20 heavy (non-hydrogen) atoms. The van der Waals surface area contributed by atoms with Gasteiger partial charge in [-0.1, -0.05) is 0 Å². The summed E-state index contributed by atoms with van der Waals surface area (Å²) < 4.78 is 19.4. The molecule has 0 bridgehead atoms. The van der Waals surface area contributed by atoms with Gasteiger partial charge in [0.1, 0.15) is 11.6 Å². The van der Waals surface area contributed by atoms with Crippen LogP contribution in [0.1, 0.15) is 27.9 Å². The third-order valence-corrected chi connectivity index (χ3v) is 4.00. The second-order valence-electron chi connectivity index (χ2n) is 4.73. The normalized spacial score (nSPS) is 13.5. The maximum absolute atomic E-state index is 13.5. The maximum Gasteiger partial charge on any atom is 0.193 e. The quantitative estimate of drug-likeness (QED) is 0.771. The molecule has 4 heteroatoms. The summed E-state index contributed by atoms with van der Waals surface area (Å²) in [5.41, 5.74) is 1.96. The van der Waals surface area contributed by atoms with E-state index in [0.29, 0.717) is 15.6 Å². The van der Waals surface area contributed by atoms with E-state index in [4.69, 9.17) is 4.74 Å². The van der Waals surface area contributed by atoms with Gasteiger partial charge in [-0.15, -0.1) is 0 Å². The van der Waals surface area contributed by atoms with Crippen molar-refractivity contribution in [3.63, 3.8) is 0 Å². The van der Waals surface area contributed by atoms with E-state index >= 15 is 0 Å². The van der Waals surface area contributed by atoms with Crippen LogP contribution >= 0.6 is 15.9 Å². The van der Waals surface area contributed by atoms with Crippen molar-refractivity contribution in [1.29, 1.82) is 0 Å². The molecule has 0 aliphatic carbocycles. The molecular formula is C16H12BrFO2. The van der Waals surface area contributed by atoms with Crippen molar-refractivity contribution < 1.29 is 13.9 Å². The van der Waals surface area contributed by atoms with Crippen LogP contribution in [0.25, 0.3) is 0 Å². The molecule has 2 nitrogen and oxygen atoms in total. The highest BCUT2D eigenvalue weighted by atomic mass is 79.9. The van der Waals surface area contributed by atoms with Gasteiger partial charge in [0.25, 0.3) is 0 Å². The van der Waals surface area contributed by atoms with E-state index in [1.54, 1.807) is 18.2 Å². The number of aryl methyl sites for hydroxylation is 1. The van der Waals surface area contributed by atoms with Crippen LogP contribution in [0.3, 0.4) is 0 Å². The van der Waals surface area contributed by atoms with Crippen LogP contribution in [0.4, 0.5) is 4.39 Å². The molecule has 102 valence electrons. The highest BCUT2D eigenvalue weighted by Crippen LogP contribution is 2.27. The second-order valence-corrected chi connectivity index (χ2v) is 5.59. The van der Waals surface area contributed by atoms with E-state index in [1.165, 1.54) is 6.07 Å². The highest BCUT2D eigenvalue weighted by Gasteiger charge is 2.15. The number of ketones is 1. The number of halogens is 2. The monoisotopic (exact) mass is 334 g/mol. The van der Waals surface area contributed by atoms with Crippen molar-refractivity contribution in [3.05, 3.63) is 63.4 Å². The van der Waals surface area contributed by atoms with E-state index in [2.05, 4.69) is 15.9 Å². The summed E-state index contributed by atoms with van der Waals surface area (Å²) in [6.45, 7) is 0.720. The van der Waals surface area contributed by atoms with Gasteiger partial charge in [-0.2, -0.15) is 0 Å². The minimum absolute atomic E-state index is 0.176. The average molecular weight is 335 g/mol. The molecule has 0 N–H and O–H groups in total. The van der Waals surface area contributed by atoms with Gasteiger partial charge in [0, 0.05) is 11.1 Å². The molecule has 3 rings (SSSR count). The van der Waals surface area contributed by atoms with Crippen LogP contribution in [0.2, 0.25) is 0 Å². The molecule has 0 radical (unpaired) electrons. The third-order valence-electron chi connectivity index (χ3n) is 3.35. The van der Waals surface area contributed by atoms with Gasteiger partial charge in [0.05, 0.1) is 11.1 Å². The van der Waals surface area contributed by atoms with Crippen molar-refractivity contribution in [1.82, 2.24) is 0 Å². The van der Waals surface area contributed by atoms with E-state index in [1.807, 2.05) is 12.1 Å². The highest BCUT2D eigenvalue weighted by molar-refractivity contribution is 9.10. The van der Waals surface area contributed by atoms with Crippen molar-refractivity contribution >= 4 is 21.7 Å². The lowest BCUT2D eigenvalue weighted by atomic mass is 9.98. The summed E-state index contributed by atoms with van der Waals surface area (Å²) in [7, 11) is 0. The number of carbonyl (C=O) groups excluding carboxylic acids is 1. The number of hydrogen-bond acceptors (Lipinski definition) is 2. The van der Waals surface area contributed by atoms with E-state index < -0.39 is 5.82 Å². The Morgan fingerprint density at radius 1 is 1.15 bits per heavy atom. The second kappa shape index (κ2) is 5.37. The molecule has 0 atom stereocenters. The molecular weight excluding hydrogens is 323 g/mol. The smallest absolute Gasteiger partial charge is 0.193 e. The van der Waals surface area contributed by atoms with Gasteiger partial charge in [0.15, 0.2) is 5.78 Å². The van der Waals surface area contributed by atoms with Crippen molar-refractivity contribution in [2.24, 2.45) is 0 Å². The fourth-order valence-electron chi connectivity index (χ4n) is 2.31. The molecule has 1 aliphatic heterocycles. The molecule has 2 aromatic rings. The molecule has 0 spiro atoms. The molecule has 0 saturated carbocycles. The zero-order chi connectivity index (χ0) is 14.1. The lowest BCUT2D eigenvalue weighted by molar-refractivity contribution is 0.103. The Bertz CT molecular complexity index is 682. The van der Waals surface area contributed by atoms with E-state index in [-0.39, 0.29) is 5.78 Å². The van der Waals surface area contributed by atoms with Crippen LogP contribution < -0.4 is 4.74 Å². The fourth-order valence-corrected chi connectivity index (χ4v) is 2.55. The molecule has 0 aromatic heterocycles. The van der Waals surface area contributed by atoms with Crippen LogP contribution in [0, 0.1) is 5.82 Å². The van der Waals surface area contributed by atoms with Gasteiger partial charge < -0.3 is 4.74 Å². The van der Waals surface area contributed by atoms with Gasteiger partial charge in [-0.05, 0) is 70.7 Å². The summed E-state index contributed by atoms with van der Waals surface area (Å²) in [4.78, 5) is 12.4. The molecule has 0 fully saturated rings. The van der Waals surface area contributed by atoms with Crippen molar-refractivity contribution in [3.8, 4) is 5.75 Å². The Morgan fingerprint density at radius 2 is 1.90 bits per heavy atom. The van der Waals surface area contributed by atoms with Crippen LogP contribution in [0.15, 0.2) is 40.9 Å². The van der Waals surface area contributed by atoms with E-state index in [9.17, 15) is 9.18 Å². The Balaban J connectivity index is 1.95. The van der Waals surface area contributed by atoms with Crippen LogP contribution in [-0.2, 0) is 6.42 Å². The average Bonchev–Trinajstić information content (AvgIpc) is 2.49. The SMILES string of the molecule is O=C(c1ccc(Br)c(F)c1)c1ccc2c(c1)CCCO2. The summed E-state index contributed by atoms with van der Waals surface area (Å²) in [5.74, 6) is 0.233. The standard InChI is InChI=1S/C16H12BrFO2/c17-13-5-3-12(9-14(13)18)16(19)11-4-6-15-10(8-11)2-1-7-20-15/h3-6,8-9H,1-2,7H2. The molecule has 0 saturated heterocycles. The lowest BCUT2D eigenvalue weighted by Gasteiger charge is -2.17. The zero-order valence-corrected chi connectivity index (χ0v) is 12.2. The molecule has 0 unspecified atom stereocenters. The molecule has 1 heterocycles.